The van der Waals surface area contributed by atoms with Crippen LogP contribution in [0.4, 0.5) is 11.4 Å². The van der Waals surface area contributed by atoms with Crippen LogP contribution in [0, 0.1) is 0 Å². The van der Waals surface area contributed by atoms with E-state index in [9.17, 15) is 19.2 Å². The fourth-order valence-electron chi connectivity index (χ4n) is 6.51. The topological polar surface area (TPSA) is 74.8 Å². The predicted octanol–water partition coefficient (Wildman–Crippen LogP) is 9.61. The Morgan fingerprint density at radius 2 is 0.978 bits per heavy atom. The summed E-state index contributed by atoms with van der Waals surface area (Å²) in [5.74, 6) is -3.03. The van der Waals surface area contributed by atoms with E-state index in [1.165, 1.54) is 0 Å². The first kappa shape index (κ1) is 29.0. The molecule has 0 bridgehead atoms. The molecular weight excluding hydrogens is 666 g/mol. The van der Waals surface area contributed by atoms with E-state index in [1.807, 2.05) is 48.6 Å². The summed E-state index contributed by atoms with van der Waals surface area (Å²) in [6.07, 6.45) is 14.9. The lowest BCUT2D eigenvalue weighted by molar-refractivity contribution is 0.0873. The average Bonchev–Trinajstić information content (AvgIpc) is 3.79. The van der Waals surface area contributed by atoms with Gasteiger partial charge in [0, 0.05) is 16.7 Å². The Morgan fingerprint density at radius 3 is 1.37 bits per heavy atom. The molecule has 0 saturated carbocycles. The maximum absolute atomic E-state index is 14.1. The molecule has 4 amide bonds. The van der Waals surface area contributed by atoms with Crippen LogP contribution < -0.4 is 9.80 Å². The largest absolute Gasteiger partial charge is 0.268 e. The molecule has 2 aliphatic carbocycles. The number of nitrogens with zero attached hydrogens (tertiary/aromatic N) is 2. The van der Waals surface area contributed by atoms with Crippen molar-refractivity contribution in [3.63, 3.8) is 0 Å². The van der Waals surface area contributed by atoms with Crippen LogP contribution in [-0.4, -0.2) is 23.6 Å². The second kappa shape index (κ2) is 10.5. The number of hydrogen-bond acceptors (Lipinski definition) is 4. The molecule has 0 fully saturated rings. The van der Waals surface area contributed by atoms with Crippen molar-refractivity contribution in [3.05, 3.63) is 145 Å². The zero-order chi connectivity index (χ0) is 32.0. The second-order valence-electron chi connectivity index (χ2n) is 11.1. The third kappa shape index (κ3) is 3.98. The van der Waals surface area contributed by atoms with Gasteiger partial charge < -0.3 is 0 Å². The fourth-order valence-corrected chi connectivity index (χ4v) is 7.59. The lowest BCUT2D eigenvalue weighted by Crippen LogP contribution is -2.44. The summed E-state index contributed by atoms with van der Waals surface area (Å²) in [6.45, 7) is 0. The molecule has 4 aliphatic rings. The molecule has 46 heavy (non-hydrogen) atoms. The van der Waals surface area contributed by atoms with Gasteiger partial charge in [-0.3, -0.25) is 19.2 Å². The molecule has 2 aliphatic heterocycles. The summed E-state index contributed by atoms with van der Waals surface area (Å²) in [5.41, 5.74) is 2.85. The number of amides is 4. The Hall–Kier alpha value is -4.46. The summed E-state index contributed by atoms with van der Waals surface area (Å²) < 4.78 is 0. The minimum Gasteiger partial charge on any atom is -0.268 e. The van der Waals surface area contributed by atoms with E-state index >= 15 is 0 Å². The second-order valence-corrected chi connectivity index (χ2v) is 12.6. The highest BCUT2D eigenvalue weighted by atomic mass is 35.5. The third-order valence-electron chi connectivity index (χ3n) is 8.70. The summed E-state index contributed by atoms with van der Waals surface area (Å²) >= 11 is 27.1. The van der Waals surface area contributed by atoms with Crippen LogP contribution in [0.25, 0.3) is 16.3 Å². The molecule has 6 nitrogen and oxygen atoms in total. The molecule has 0 unspecified atom stereocenters. The molecule has 2 heterocycles. The van der Waals surface area contributed by atoms with Crippen LogP contribution in [0.15, 0.2) is 91.1 Å². The molecule has 10 heteroatoms. The molecule has 0 saturated heterocycles. The molecule has 224 valence electrons. The first-order chi connectivity index (χ1) is 22.2. The van der Waals surface area contributed by atoms with E-state index in [1.54, 1.807) is 36.4 Å². The lowest BCUT2D eigenvalue weighted by Gasteiger charge is -2.34. The molecule has 8 rings (SSSR count). The Morgan fingerprint density at radius 1 is 0.565 bits per heavy atom. The number of benzene rings is 4. The van der Waals surface area contributed by atoms with E-state index in [0.717, 1.165) is 32.9 Å². The van der Waals surface area contributed by atoms with Gasteiger partial charge in [-0.15, -0.1) is 0 Å². The Bertz CT molecular complexity index is 2150. The van der Waals surface area contributed by atoms with E-state index in [2.05, 4.69) is 6.08 Å². The van der Waals surface area contributed by atoms with E-state index < -0.39 is 23.6 Å². The number of carbonyl (C=O) groups excluding carboxylic acids is 4. The number of imide groups is 2. The van der Waals surface area contributed by atoms with E-state index in [4.69, 9.17) is 46.4 Å². The number of hydrogen-bond donors (Lipinski definition) is 0. The summed E-state index contributed by atoms with van der Waals surface area (Å²) in [5, 5.41) is -1.04. The van der Waals surface area contributed by atoms with Gasteiger partial charge in [-0.05, 0) is 47.4 Å². The Kier molecular flexibility index (Phi) is 6.64. The molecule has 0 aromatic heterocycles. The minimum absolute atomic E-state index is 0.0328. The molecule has 0 radical (unpaired) electrons. The van der Waals surface area contributed by atoms with Gasteiger partial charge in [-0.2, -0.15) is 0 Å². The summed E-state index contributed by atoms with van der Waals surface area (Å²) in [6, 6.07) is 13.8. The molecule has 0 spiro atoms. The molecule has 0 atom stereocenters. The first-order valence-electron chi connectivity index (χ1n) is 14.2. The van der Waals surface area contributed by atoms with Crippen LogP contribution in [0.1, 0.15) is 64.9 Å². The minimum atomic E-state index is -0.777. The van der Waals surface area contributed by atoms with Gasteiger partial charge in [0.05, 0.1) is 53.7 Å². The van der Waals surface area contributed by atoms with Crippen molar-refractivity contribution in [2.75, 3.05) is 9.80 Å². The van der Waals surface area contributed by atoms with Gasteiger partial charge in [0.15, 0.2) is 0 Å². The number of carbonyl (C=O) groups is 4. The van der Waals surface area contributed by atoms with E-state index in [0.29, 0.717) is 0 Å². The van der Waals surface area contributed by atoms with Crippen LogP contribution in [0.5, 0.6) is 0 Å². The number of halogens is 4. The number of anilines is 2. The van der Waals surface area contributed by atoms with Crippen molar-refractivity contribution in [2.45, 2.75) is 12.3 Å². The number of allylic oxidation sites excluding steroid dienone is 8. The lowest BCUT2D eigenvalue weighted by atomic mass is 9.85. The zero-order valence-electron chi connectivity index (χ0n) is 23.5. The molecular formula is C36H18Cl4N2O4. The van der Waals surface area contributed by atoms with Gasteiger partial charge in [0.25, 0.3) is 23.6 Å². The van der Waals surface area contributed by atoms with E-state index in [-0.39, 0.29) is 70.4 Å². The number of rotatable bonds is 4. The SMILES string of the molecule is O=C1c2c(Cl)c(Cl)c3c4c(c(Cl)c(Cl)c(c24)C(=O)N1c1ccc(C2=CCC=C2)cc1)C(=O)N(c1ccc(C2C=CC=C2)cc1)C3=O. The van der Waals surface area contributed by atoms with Crippen molar-refractivity contribution in [1.82, 2.24) is 0 Å². The highest BCUT2D eigenvalue weighted by Gasteiger charge is 2.46. The normalized spacial score (nSPS) is 16.9. The van der Waals surface area contributed by atoms with Crippen LogP contribution in [0.2, 0.25) is 20.1 Å². The van der Waals surface area contributed by atoms with Crippen LogP contribution >= 0.6 is 46.4 Å². The van der Waals surface area contributed by atoms with Gasteiger partial charge in [-0.25, -0.2) is 9.80 Å². The van der Waals surface area contributed by atoms with Gasteiger partial charge in [-0.1, -0.05) is 113 Å². The zero-order valence-corrected chi connectivity index (χ0v) is 26.5. The maximum atomic E-state index is 14.1. The Labute approximate surface area is 282 Å². The van der Waals surface area contributed by atoms with Gasteiger partial charge >= 0.3 is 0 Å². The van der Waals surface area contributed by atoms with Crippen LogP contribution in [-0.2, 0) is 0 Å². The molecule has 0 N–H and O–H groups in total. The molecule has 4 aromatic carbocycles. The fraction of sp³-hybridized carbons (Fsp3) is 0.0556. The standard InChI is InChI=1S/C36H18Cl4N2O4/c37-29-25-23-24-27(31(29)39)35(45)42(22-15-11-20(12-16-22)18-7-3-4-8-18)36(46)28(24)32(40)30(38)26(23)34(44)41(33(25)43)21-13-9-19(10-14-21)17-5-1-2-6-17/h1-3,5-17H,4H2. The highest BCUT2D eigenvalue weighted by molar-refractivity contribution is 6.57. The quantitative estimate of drug-likeness (QED) is 0.201. The Balaban J connectivity index is 1.29. The first-order valence-corrected chi connectivity index (χ1v) is 15.8. The van der Waals surface area contributed by atoms with Gasteiger partial charge in [0.2, 0.25) is 0 Å². The highest BCUT2D eigenvalue weighted by Crippen LogP contribution is 2.51. The smallest absolute Gasteiger partial charge is 0.267 e. The van der Waals surface area contributed by atoms with Gasteiger partial charge in [0.1, 0.15) is 0 Å². The third-order valence-corrected chi connectivity index (χ3v) is 10.4. The predicted molar refractivity (Wildman–Crippen MR) is 182 cm³/mol. The van der Waals surface area contributed by atoms with Crippen molar-refractivity contribution < 1.29 is 19.2 Å². The van der Waals surface area contributed by atoms with Crippen molar-refractivity contribution in [1.29, 1.82) is 0 Å². The van der Waals surface area contributed by atoms with Crippen molar-refractivity contribution in [2.24, 2.45) is 0 Å². The van der Waals surface area contributed by atoms with Crippen molar-refractivity contribution in [3.8, 4) is 0 Å². The maximum Gasteiger partial charge on any atom is 0.267 e. The summed E-state index contributed by atoms with van der Waals surface area (Å²) in [4.78, 5) is 58.4. The van der Waals surface area contributed by atoms with Crippen LogP contribution in [0.3, 0.4) is 0 Å². The molecule has 4 aromatic rings. The van der Waals surface area contributed by atoms with Crippen molar-refractivity contribution >= 4 is 97.8 Å². The monoisotopic (exact) mass is 682 g/mol. The summed E-state index contributed by atoms with van der Waals surface area (Å²) in [7, 11) is 0. The average molecular weight is 684 g/mol.